The number of nitrogens with zero attached hydrogens (tertiary/aromatic N) is 3. The van der Waals surface area contributed by atoms with Crippen molar-refractivity contribution in [1.82, 2.24) is 15.1 Å². The summed E-state index contributed by atoms with van der Waals surface area (Å²) in [4.78, 5) is 37.9. The number of rotatable bonds is 4. The Labute approximate surface area is 189 Å². The highest BCUT2D eigenvalue weighted by Gasteiger charge is 2.33. The molecule has 1 atom stereocenters. The van der Waals surface area contributed by atoms with Gasteiger partial charge in [-0.05, 0) is 43.0 Å². The maximum Gasteiger partial charge on any atom is 0.414 e. The van der Waals surface area contributed by atoms with Gasteiger partial charge in [0.05, 0.1) is 30.6 Å². The molecule has 1 aliphatic carbocycles. The number of carbonyl (C=O) groups excluding carboxylic acids is 3. The Morgan fingerprint density at radius 1 is 1.27 bits per heavy atom. The fourth-order valence-electron chi connectivity index (χ4n) is 4.33. The molecule has 33 heavy (non-hydrogen) atoms. The van der Waals surface area contributed by atoms with Crippen molar-refractivity contribution in [3.8, 4) is 11.3 Å². The first-order valence-electron chi connectivity index (χ1n) is 10.7. The summed E-state index contributed by atoms with van der Waals surface area (Å²) in [5.74, 6) is -0.190. The lowest BCUT2D eigenvalue weighted by Crippen LogP contribution is -2.33. The number of hydrogen-bond donors (Lipinski definition) is 2. The van der Waals surface area contributed by atoms with E-state index < -0.39 is 12.2 Å². The number of ether oxygens (including phenoxy) is 1. The minimum atomic E-state index is -0.446. The Bertz CT molecular complexity index is 1250. The molecule has 0 radical (unpaired) electrons. The topological polar surface area (TPSA) is 133 Å². The number of hydrogen-bond acceptors (Lipinski definition) is 7. The number of nitrogens with two attached hydrogens (primary N) is 1. The SMILES string of the molecule is CC(=O)NCC1CN(c2ccc3c(c2)CCCc2c-3nn(C(=O)c3ccoc3)c2N)C(=O)O1. The number of benzene rings is 1. The van der Waals surface area contributed by atoms with Gasteiger partial charge in [-0.1, -0.05) is 6.07 Å². The smallest absolute Gasteiger partial charge is 0.414 e. The standard InChI is InChI=1S/C23H23N5O5/c1-13(29)25-10-17-11-27(23(31)33-17)16-5-6-18-14(9-16)3-2-4-19-20(18)26-28(21(19)24)22(30)15-7-8-32-12-15/h5-9,12,17H,2-4,10-11,24H2,1H3,(H,25,29). The molecule has 2 aromatic heterocycles. The molecule has 3 heterocycles. The zero-order valence-electron chi connectivity index (χ0n) is 18.0. The molecule has 1 aliphatic heterocycles. The summed E-state index contributed by atoms with van der Waals surface area (Å²) in [5, 5.41) is 7.23. The van der Waals surface area contributed by atoms with Crippen LogP contribution in [-0.4, -0.2) is 46.9 Å². The van der Waals surface area contributed by atoms with E-state index in [1.165, 1.54) is 24.1 Å². The van der Waals surface area contributed by atoms with Gasteiger partial charge in [0.25, 0.3) is 5.91 Å². The Kier molecular flexibility index (Phi) is 5.12. The quantitative estimate of drug-likeness (QED) is 0.625. The number of aromatic nitrogens is 2. The van der Waals surface area contributed by atoms with Gasteiger partial charge in [0.1, 0.15) is 18.2 Å². The molecule has 2 aliphatic rings. The van der Waals surface area contributed by atoms with E-state index in [4.69, 9.17) is 14.9 Å². The van der Waals surface area contributed by atoms with Crippen molar-refractivity contribution in [3.63, 3.8) is 0 Å². The van der Waals surface area contributed by atoms with Crippen LogP contribution in [-0.2, 0) is 22.4 Å². The van der Waals surface area contributed by atoms with Crippen LogP contribution in [0.15, 0.2) is 41.2 Å². The maximum atomic E-state index is 12.8. The van der Waals surface area contributed by atoms with Crippen molar-refractivity contribution in [1.29, 1.82) is 0 Å². The number of carbonyl (C=O) groups is 3. The normalized spacial score (nSPS) is 17.2. The summed E-state index contributed by atoms with van der Waals surface area (Å²) in [6.45, 7) is 2.04. The van der Waals surface area contributed by atoms with Crippen LogP contribution in [0, 0.1) is 0 Å². The third kappa shape index (κ3) is 3.73. The van der Waals surface area contributed by atoms with Crippen LogP contribution in [0.25, 0.3) is 11.3 Å². The zero-order valence-corrected chi connectivity index (χ0v) is 18.0. The van der Waals surface area contributed by atoms with Gasteiger partial charge in [-0.2, -0.15) is 9.78 Å². The van der Waals surface area contributed by atoms with Crippen molar-refractivity contribution < 1.29 is 23.5 Å². The van der Waals surface area contributed by atoms with Crippen molar-refractivity contribution in [2.75, 3.05) is 23.7 Å². The summed E-state index contributed by atoms with van der Waals surface area (Å²) in [5.41, 5.74) is 10.8. The van der Waals surface area contributed by atoms with Gasteiger partial charge < -0.3 is 20.2 Å². The van der Waals surface area contributed by atoms with E-state index in [-0.39, 0.29) is 18.4 Å². The number of nitrogens with one attached hydrogen (secondary N) is 1. The monoisotopic (exact) mass is 449 g/mol. The molecule has 0 bridgehead atoms. The van der Waals surface area contributed by atoms with Crippen LogP contribution in [0.5, 0.6) is 0 Å². The summed E-state index contributed by atoms with van der Waals surface area (Å²) in [6, 6.07) is 7.27. The summed E-state index contributed by atoms with van der Waals surface area (Å²) in [6.07, 6.45) is 4.24. The van der Waals surface area contributed by atoms with E-state index >= 15 is 0 Å². The predicted octanol–water partition coefficient (Wildman–Crippen LogP) is 2.36. The minimum Gasteiger partial charge on any atom is -0.472 e. The molecule has 1 unspecified atom stereocenters. The molecule has 0 saturated carbocycles. The lowest BCUT2D eigenvalue weighted by molar-refractivity contribution is -0.119. The summed E-state index contributed by atoms with van der Waals surface area (Å²) < 4.78 is 11.6. The summed E-state index contributed by atoms with van der Waals surface area (Å²) >= 11 is 0. The second-order valence-corrected chi connectivity index (χ2v) is 8.19. The van der Waals surface area contributed by atoms with E-state index in [9.17, 15) is 14.4 Å². The van der Waals surface area contributed by atoms with Gasteiger partial charge in [0, 0.05) is 23.7 Å². The maximum absolute atomic E-state index is 12.8. The molecule has 1 aromatic carbocycles. The van der Waals surface area contributed by atoms with E-state index in [0.29, 0.717) is 30.0 Å². The second-order valence-electron chi connectivity index (χ2n) is 8.19. The molecule has 1 fully saturated rings. The van der Waals surface area contributed by atoms with Crippen LogP contribution < -0.4 is 16.0 Å². The largest absolute Gasteiger partial charge is 0.472 e. The highest BCUT2D eigenvalue weighted by molar-refractivity contribution is 5.98. The van der Waals surface area contributed by atoms with Gasteiger partial charge >= 0.3 is 6.09 Å². The first-order chi connectivity index (χ1) is 15.9. The van der Waals surface area contributed by atoms with Gasteiger partial charge in [0.2, 0.25) is 5.91 Å². The summed E-state index contributed by atoms with van der Waals surface area (Å²) in [7, 11) is 0. The van der Waals surface area contributed by atoms with Crippen LogP contribution in [0.1, 0.15) is 34.8 Å². The van der Waals surface area contributed by atoms with E-state index in [0.717, 1.165) is 35.2 Å². The van der Waals surface area contributed by atoms with E-state index in [2.05, 4.69) is 10.4 Å². The number of furan rings is 1. The number of nitrogen functional groups attached to an aromatic ring is 1. The molecule has 5 rings (SSSR count). The molecule has 1 saturated heterocycles. The van der Waals surface area contributed by atoms with E-state index in [1.807, 2.05) is 18.2 Å². The van der Waals surface area contributed by atoms with Crippen LogP contribution in [0.2, 0.25) is 0 Å². The predicted molar refractivity (Wildman–Crippen MR) is 119 cm³/mol. The molecule has 170 valence electrons. The zero-order chi connectivity index (χ0) is 23.1. The molecule has 2 amide bonds. The number of anilines is 2. The highest BCUT2D eigenvalue weighted by atomic mass is 16.6. The first kappa shape index (κ1) is 20.8. The van der Waals surface area contributed by atoms with Crippen molar-refractivity contribution in [2.24, 2.45) is 0 Å². The van der Waals surface area contributed by atoms with Gasteiger partial charge in [0.15, 0.2) is 0 Å². The number of cyclic esters (lactones) is 1. The average molecular weight is 449 g/mol. The number of aryl methyl sites for hydroxylation is 1. The molecule has 10 heteroatoms. The third-order valence-corrected chi connectivity index (χ3v) is 5.96. The van der Waals surface area contributed by atoms with Crippen LogP contribution in [0.3, 0.4) is 0 Å². The van der Waals surface area contributed by atoms with Gasteiger partial charge in [-0.3, -0.25) is 14.5 Å². The molecule has 10 nitrogen and oxygen atoms in total. The fraction of sp³-hybridized carbons (Fsp3) is 0.304. The Hall–Kier alpha value is -4.08. The number of fused-ring (bicyclic) bond motifs is 3. The Balaban J connectivity index is 1.45. The lowest BCUT2D eigenvalue weighted by atomic mass is 10.0. The molecule has 3 aromatic rings. The minimum absolute atomic E-state index is 0.171. The molecule has 0 spiro atoms. The third-order valence-electron chi connectivity index (χ3n) is 5.96. The first-order valence-corrected chi connectivity index (χ1v) is 10.7. The Morgan fingerprint density at radius 2 is 2.12 bits per heavy atom. The van der Waals surface area contributed by atoms with Crippen molar-refractivity contribution in [2.45, 2.75) is 32.3 Å². The Morgan fingerprint density at radius 3 is 2.88 bits per heavy atom. The van der Waals surface area contributed by atoms with E-state index in [1.54, 1.807) is 11.0 Å². The highest BCUT2D eigenvalue weighted by Crippen LogP contribution is 2.37. The fourth-order valence-corrected chi connectivity index (χ4v) is 4.33. The van der Waals surface area contributed by atoms with Crippen LogP contribution in [0.4, 0.5) is 16.3 Å². The lowest BCUT2D eigenvalue weighted by Gasteiger charge is -2.16. The molecular weight excluding hydrogens is 426 g/mol. The van der Waals surface area contributed by atoms with Gasteiger partial charge in [-0.15, -0.1) is 0 Å². The van der Waals surface area contributed by atoms with Crippen molar-refractivity contribution >= 4 is 29.4 Å². The number of amides is 2. The average Bonchev–Trinajstić information content (AvgIpc) is 3.50. The van der Waals surface area contributed by atoms with Gasteiger partial charge in [-0.25, -0.2) is 4.79 Å². The second kappa shape index (κ2) is 8.12. The molecule has 3 N–H and O–H groups in total. The molecular formula is C23H23N5O5. The van der Waals surface area contributed by atoms with Crippen molar-refractivity contribution in [3.05, 3.63) is 53.5 Å². The van der Waals surface area contributed by atoms with Crippen LogP contribution >= 0.6 is 0 Å².